The second-order valence-electron chi connectivity index (χ2n) is 4.50. The first-order valence-corrected chi connectivity index (χ1v) is 8.23. The molecule has 2 aromatic rings. The number of nitrogens with two attached hydrogens (primary N) is 1. The minimum absolute atomic E-state index is 0.0831. The lowest BCUT2D eigenvalue weighted by Gasteiger charge is -2.19. The van der Waals surface area contributed by atoms with Crippen LogP contribution in [-0.4, -0.2) is 19.8 Å². The van der Waals surface area contributed by atoms with Crippen molar-refractivity contribution in [1.29, 1.82) is 0 Å². The van der Waals surface area contributed by atoms with Gasteiger partial charge in [0.05, 0.1) is 17.6 Å². The SMILES string of the molecule is CCOc1ccc(C(CN)c2ccc(Cl)s2)c(OCC)c1. The second-order valence-corrected chi connectivity index (χ2v) is 6.24. The molecule has 1 heterocycles. The molecule has 1 atom stereocenters. The normalized spacial score (nSPS) is 12.2. The summed E-state index contributed by atoms with van der Waals surface area (Å²) in [4.78, 5) is 1.15. The van der Waals surface area contributed by atoms with Crippen molar-refractivity contribution in [2.45, 2.75) is 19.8 Å². The third-order valence-electron chi connectivity index (χ3n) is 3.14. The second kappa shape index (κ2) is 7.69. The van der Waals surface area contributed by atoms with Gasteiger partial charge in [0.2, 0.25) is 0 Å². The summed E-state index contributed by atoms with van der Waals surface area (Å²) in [5.74, 6) is 1.72. The fourth-order valence-electron chi connectivity index (χ4n) is 2.25. The molecule has 1 aromatic carbocycles. The Bertz CT molecular complexity index is 585. The highest BCUT2D eigenvalue weighted by Crippen LogP contribution is 2.37. The van der Waals surface area contributed by atoms with E-state index >= 15 is 0 Å². The summed E-state index contributed by atoms with van der Waals surface area (Å²) < 4.78 is 12.1. The van der Waals surface area contributed by atoms with Crippen LogP contribution in [0, 0.1) is 0 Å². The van der Waals surface area contributed by atoms with Crippen molar-refractivity contribution < 1.29 is 9.47 Å². The Kier molecular flexibility index (Phi) is 5.91. The molecule has 0 saturated heterocycles. The highest BCUT2D eigenvalue weighted by atomic mass is 35.5. The van der Waals surface area contributed by atoms with Crippen LogP contribution in [0.15, 0.2) is 30.3 Å². The van der Waals surface area contributed by atoms with Crippen molar-refractivity contribution in [3.8, 4) is 11.5 Å². The van der Waals surface area contributed by atoms with E-state index in [2.05, 4.69) is 0 Å². The van der Waals surface area contributed by atoms with Gasteiger partial charge in [0, 0.05) is 29.0 Å². The smallest absolute Gasteiger partial charge is 0.126 e. The number of thiophene rings is 1. The Morgan fingerprint density at radius 2 is 1.90 bits per heavy atom. The predicted molar refractivity (Wildman–Crippen MR) is 89.0 cm³/mol. The van der Waals surface area contributed by atoms with E-state index < -0.39 is 0 Å². The van der Waals surface area contributed by atoms with E-state index in [1.54, 1.807) is 11.3 Å². The molecule has 0 aliphatic rings. The topological polar surface area (TPSA) is 44.5 Å². The molecule has 114 valence electrons. The third kappa shape index (κ3) is 3.90. The Morgan fingerprint density at radius 3 is 2.48 bits per heavy atom. The molecule has 0 spiro atoms. The fraction of sp³-hybridized carbons (Fsp3) is 0.375. The molecule has 1 aromatic heterocycles. The quantitative estimate of drug-likeness (QED) is 0.826. The predicted octanol–water partition coefficient (Wildman–Crippen LogP) is 4.29. The Labute approximate surface area is 134 Å². The molecular formula is C16H20ClNO2S. The highest BCUT2D eigenvalue weighted by molar-refractivity contribution is 7.16. The van der Waals surface area contributed by atoms with Crippen LogP contribution < -0.4 is 15.2 Å². The largest absolute Gasteiger partial charge is 0.494 e. The maximum absolute atomic E-state index is 6.04. The lowest BCUT2D eigenvalue weighted by atomic mass is 9.96. The van der Waals surface area contributed by atoms with E-state index in [1.807, 2.05) is 44.2 Å². The van der Waals surface area contributed by atoms with E-state index in [0.717, 1.165) is 26.3 Å². The van der Waals surface area contributed by atoms with Gasteiger partial charge in [-0.05, 0) is 32.0 Å². The lowest BCUT2D eigenvalue weighted by molar-refractivity contribution is 0.320. The van der Waals surface area contributed by atoms with Crippen LogP contribution in [0.1, 0.15) is 30.2 Å². The maximum atomic E-state index is 6.04. The van der Waals surface area contributed by atoms with Crippen LogP contribution in [0.2, 0.25) is 4.34 Å². The minimum atomic E-state index is 0.0831. The number of hydrogen-bond acceptors (Lipinski definition) is 4. The van der Waals surface area contributed by atoms with Gasteiger partial charge < -0.3 is 15.2 Å². The molecule has 0 aliphatic heterocycles. The van der Waals surface area contributed by atoms with E-state index in [-0.39, 0.29) is 5.92 Å². The highest BCUT2D eigenvalue weighted by Gasteiger charge is 2.19. The first kappa shape index (κ1) is 16.1. The number of benzene rings is 1. The van der Waals surface area contributed by atoms with E-state index in [4.69, 9.17) is 26.8 Å². The number of ether oxygens (including phenoxy) is 2. The molecule has 1 unspecified atom stereocenters. The zero-order valence-electron chi connectivity index (χ0n) is 12.3. The first-order valence-electron chi connectivity index (χ1n) is 7.04. The van der Waals surface area contributed by atoms with Gasteiger partial charge in [-0.1, -0.05) is 17.7 Å². The number of hydrogen-bond donors (Lipinski definition) is 1. The van der Waals surface area contributed by atoms with Crippen molar-refractivity contribution in [2.24, 2.45) is 5.73 Å². The summed E-state index contributed by atoms with van der Waals surface area (Å²) in [7, 11) is 0. The molecule has 0 fully saturated rings. The van der Waals surface area contributed by atoms with Gasteiger partial charge in [-0.2, -0.15) is 0 Å². The van der Waals surface area contributed by atoms with Crippen molar-refractivity contribution in [3.05, 3.63) is 45.1 Å². The lowest BCUT2D eigenvalue weighted by Crippen LogP contribution is -2.14. The van der Waals surface area contributed by atoms with Crippen LogP contribution >= 0.6 is 22.9 Å². The van der Waals surface area contributed by atoms with Crippen molar-refractivity contribution in [2.75, 3.05) is 19.8 Å². The molecule has 2 rings (SSSR count). The average Bonchev–Trinajstić information content (AvgIpc) is 2.89. The summed E-state index contributed by atoms with van der Waals surface area (Å²) >= 11 is 7.60. The molecular weight excluding hydrogens is 306 g/mol. The molecule has 0 saturated carbocycles. The fourth-order valence-corrected chi connectivity index (χ4v) is 3.44. The zero-order chi connectivity index (χ0) is 15.2. The van der Waals surface area contributed by atoms with Crippen LogP contribution in [0.3, 0.4) is 0 Å². The Hall–Kier alpha value is -1.23. The van der Waals surface area contributed by atoms with Gasteiger partial charge in [-0.15, -0.1) is 11.3 Å². The van der Waals surface area contributed by atoms with Gasteiger partial charge in [0.1, 0.15) is 11.5 Å². The van der Waals surface area contributed by atoms with Crippen molar-refractivity contribution >= 4 is 22.9 Å². The van der Waals surface area contributed by atoms with Gasteiger partial charge in [-0.3, -0.25) is 0 Å². The van der Waals surface area contributed by atoms with E-state index in [1.165, 1.54) is 0 Å². The van der Waals surface area contributed by atoms with Crippen LogP contribution in [0.4, 0.5) is 0 Å². The van der Waals surface area contributed by atoms with Crippen LogP contribution in [0.5, 0.6) is 11.5 Å². The molecule has 0 amide bonds. The monoisotopic (exact) mass is 325 g/mol. The van der Waals surface area contributed by atoms with Gasteiger partial charge in [0.25, 0.3) is 0 Å². The van der Waals surface area contributed by atoms with Crippen LogP contribution in [-0.2, 0) is 0 Å². The van der Waals surface area contributed by atoms with Gasteiger partial charge in [-0.25, -0.2) is 0 Å². The van der Waals surface area contributed by atoms with Crippen molar-refractivity contribution in [1.82, 2.24) is 0 Å². The zero-order valence-corrected chi connectivity index (χ0v) is 13.8. The molecule has 2 N–H and O–H groups in total. The summed E-state index contributed by atoms with van der Waals surface area (Å²) in [6, 6.07) is 9.84. The third-order valence-corrected chi connectivity index (χ3v) is 4.49. The Morgan fingerprint density at radius 1 is 1.14 bits per heavy atom. The van der Waals surface area contributed by atoms with Gasteiger partial charge in [0.15, 0.2) is 0 Å². The van der Waals surface area contributed by atoms with Crippen LogP contribution in [0.25, 0.3) is 0 Å². The minimum Gasteiger partial charge on any atom is -0.494 e. The van der Waals surface area contributed by atoms with E-state index in [9.17, 15) is 0 Å². The van der Waals surface area contributed by atoms with Crippen molar-refractivity contribution in [3.63, 3.8) is 0 Å². The average molecular weight is 326 g/mol. The van der Waals surface area contributed by atoms with E-state index in [0.29, 0.717) is 19.8 Å². The molecule has 0 bridgehead atoms. The summed E-state index contributed by atoms with van der Waals surface area (Å²) in [6.45, 7) is 5.67. The standard InChI is InChI=1S/C16H20ClNO2S/c1-3-19-11-5-6-12(14(9-11)20-4-2)13(10-18)15-7-8-16(17)21-15/h5-9,13H,3-4,10,18H2,1-2H3. The molecule has 21 heavy (non-hydrogen) atoms. The molecule has 0 aliphatic carbocycles. The summed E-state index contributed by atoms with van der Waals surface area (Å²) in [5.41, 5.74) is 7.06. The number of halogens is 1. The Balaban J connectivity index is 2.39. The summed E-state index contributed by atoms with van der Waals surface area (Å²) in [5, 5.41) is 0. The van der Waals surface area contributed by atoms with Gasteiger partial charge >= 0.3 is 0 Å². The number of rotatable bonds is 7. The maximum Gasteiger partial charge on any atom is 0.126 e. The first-order chi connectivity index (χ1) is 10.2. The molecule has 5 heteroatoms. The molecule has 0 radical (unpaired) electrons. The molecule has 3 nitrogen and oxygen atoms in total. The summed E-state index contributed by atoms with van der Waals surface area (Å²) in [6.07, 6.45) is 0.